The zero-order valence-electron chi connectivity index (χ0n) is 25.0. The average molecular weight is 626 g/mol. The van der Waals surface area contributed by atoms with Gasteiger partial charge in [0.2, 0.25) is 5.91 Å². The fraction of sp³-hybridized carbons (Fsp3) is 0.394. The molecule has 43 heavy (non-hydrogen) atoms. The van der Waals surface area contributed by atoms with Crippen LogP contribution in [0.1, 0.15) is 63.4 Å². The number of hydrogen-bond acceptors (Lipinski definition) is 7. The number of ether oxygens (including phenoxy) is 1. The lowest BCUT2D eigenvalue weighted by Crippen LogP contribution is -2.62. The van der Waals surface area contributed by atoms with Crippen molar-refractivity contribution < 1.29 is 19.7 Å². The first-order chi connectivity index (χ1) is 20.3. The topological polar surface area (TPSA) is 88.8 Å². The van der Waals surface area contributed by atoms with Gasteiger partial charge in [-0.3, -0.25) is 9.79 Å². The molecule has 2 aliphatic rings. The van der Waals surface area contributed by atoms with Gasteiger partial charge in [-0.1, -0.05) is 47.5 Å². The Labute approximate surface area is 263 Å². The molecule has 8 nitrogen and oxygen atoms in total. The molecule has 0 bridgehead atoms. The molecular weight excluding hydrogens is 587 g/mol. The lowest BCUT2D eigenvalue weighted by atomic mass is 9.93. The highest BCUT2D eigenvalue weighted by atomic mass is 35.5. The molecule has 0 aromatic heterocycles. The van der Waals surface area contributed by atoms with Crippen molar-refractivity contribution in [1.29, 1.82) is 0 Å². The Balaban J connectivity index is 1.65. The molecule has 10 heteroatoms. The lowest BCUT2D eigenvalue weighted by Gasteiger charge is -2.46. The molecule has 228 valence electrons. The van der Waals surface area contributed by atoms with Gasteiger partial charge in [-0.15, -0.1) is 0 Å². The summed E-state index contributed by atoms with van der Waals surface area (Å²) >= 11 is 12.5. The van der Waals surface area contributed by atoms with Gasteiger partial charge in [0.05, 0.1) is 24.3 Å². The second kappa shape index (κ2) is 12.4. The van der Waals surface area contributed by atoms with Gasteiger partial charge >= 0.3 is 0 Å². The Hall–Kier alpha value is -3.30. The number of amidine groups is 1. The van der Waals surface area contributed by atoms with Crippen molar-refractivity contribution in [2.45, 2.75) is 64.7 Å². The van der Waals surface area contributed by atoms with Crippen molar-refractivity contribution in [3.63, 3.8) is 0 Å². The predicted octanol–water partition coefficient (Wildman–Crippen LogP) is 6.25. The number of amides is 1. The van der Waals surface area contributed by atoms with Gasteiger partial charge in [0.15, 0.2) is 6.35 Å². The van der Waals surface area contributed by atoms with Crippen LogP contribution < -0.4 is 4.74 Å². The monoisotopic (exact) mass is 624 g/mol. The van der Waals surface area contributed by atoms with Gasteiger partial charge < -0.3 is 24.7 Å². The first-order valence-corrected chi connectivity index (χ1v) is 15.2. The molecular formula is C33H38Cl2N4O4. The fourth-order valence-corrected chi connectivity index (χ4v) is 6.01. The van der Waals surface area contributed by atoms with Crippen LogP contribution in [0, 0.1) is 0 Å². The second-order valence-corrected chi connectivity index (χ2v) is 13.1. The molecule has 1 saturated heterocycles. The number of hydrogen-bond donors (Lipinski definition) is 2. The predicted molar refractivity (Wildman–Crippen MR) is 170 cm³/mol. The molecule has 1 fully saturated rings. The summed E-state index contributed by atoms with van der Waals surface area (Å²) in [5.74, 6) is 0.915. The number of halogens is 2. The largest absolute Gasteiger partial charge is 0.508 e. The Bertz CT molecular complexity index is 1490. The van der Waals surface area contributed by atoms with Gasteiger partial charge in [0.1, 0.15) is 23.4 Å². The molecule has 5 rings (SSSR count). The minimum absolute atomic E-state index is 0.0477. The number of phenolic OH excluding ortho intramolecular Hbond substituents is 1. The maximum Gasteiger partial charge on any atom is 0.237 e. The van der Waals surface area contributed by atoms with E-state index in [-0.39, 0.29) is 29.8 Å². The Kier molecular flexibility index (Phi) is 8.95. The minimum Gasteiger partial charge on any atom is -0.508 e. The summed E-state index contributed by atoms with van der Waals surface area (Å²) in [5.41, 5.74) is 2.07. The summed E-state index contributed by atoms with van der Waals surface area (Å²) in [4.78, 5) is 24.0. The number of phenols is 1. The van der Waals surface area contributed by atoms with E-state index in [0.29, 0.717) is 40.3 Å². The third kappa shape index (κ3) is 6.63. The maximum absolute atomic E-state index is 13.3. The highest BCUT2D eigenvalue weighted by Crippen LogP contribution is 2.46. The van der Waals surface area contributed by atoms with E-state index in [1.807, 2.05) is 92.9 Å². The number of carbonyl (C=O) groups is 1. The SMILES string of the molecule is CC(C)Oc1cc(O)ccc1C1=N[C@@H](c2ccc(Cl)cc2)[C@@H](c2ccc(Cl)cc2)N1C(O)N1CCN(C(C)(C)C)C(=O)C1. The van der Waals surface area contributed by atoms with Crippen LogP contribution in [0.5, 0.6) is 11.5 Å². The molecule has 0 saturated carbocycles. The molecule has 0 aliphatic carbocycles. The third-order valence-electron chi connectivity index (χ3n) is 7.73. The van der Waals surface area contributed by atoms with Crippen LogP contribution >= 0.6 is 23.2 Å². The number of carbonyl (C=O) groups excluding carboxylic acids is 1. The fourth-order valence-electron chi connectivity index (χ4n) is 5.76. The van der Waals surface area contributed by atoms with Crippen LogP contribution in [-0.4, -0.2) is 74.3 Å². The zero-order valence-corrected chi connectivity index (χ0v) is 26.5. The number of aliphatic imine (C=N–C) groups is 1. The Morgan fingerprint density at radius 1 is 0.930 bits per heavy atom. The quantitative estimate of drug-likeness (QED) is 0.323. The van der Waals surface area contributed by atoms with E-state index < -0.39 is 18.4 Å². The van der Waals surface area contributed by atoms with Crippen molar-refractivity contribution in [2.24, 2.45) is 4.99 Å². The number of rotatable bonds is 7. The standard InChI is InChI=1S/C33H38Cl2N4O4/c1-20(2)43-27-18-25(40)14-15-26(27)31-36-29(21-6-10-23(34)11-7-21)30(22-8-12-24(35)13-9-22)39(31)32(42)37-16-17-38(28(41)19-37)33(3,4)5/h6-15,18,20,29-30,32,40,42H,16-17,19H2,1-5H3/t29-,30+,32?/m0/s1. The smallest absolute Gasteiger partial charge is 0.237 e. The summed E-state index contributed by atoms with van der Waals surface area (Å²) in [6.07, 6.45) is -1.38. The summed E-state index contributed by atoms with van der Waals surface area (Å²) in [7, 11) is 0. The van der Waals surface area contributed by atoms with Gasteiger partial charge in [-0.25, -0.2) is 4.90 Å². The van der Waals surface area contributed by atoms with E-state index in [2.05, 4.69) is 0 Å². The van der Waals surface area contributed by atoms with Crippen molar-refractivity contribution >= 4 is 34.9 Å². The highest BCUT2D eigenvalue weighted by Gasteiger charge is 2.46. The molecule has 1 unspecified atom stereocenters. The number of aromatic hydroxyl groups is 1. The molecule has 3 aromatic carbocycles. The van der Waals surface area contributed by atoms with Crippen LogP contribution in [0.15, 0.2) is 71.7 Å². The molecule has 0 spiro atoms. The highest BCUT2D eigenvalue weighted by molar-refractivity contribution is 6.30. The van der Waals surface area contributed by atoms with Crippen LogP contribution in [0.4, 0.5) is 0 Å². The summed E-state index contributed by atoms with van der Waals surface area (Å²) in [5, 5.41) is 23.7. The first-order valence-electron chi connectivity index (χ1n) is 14.4. The van der Waals surface area contributed by atoms with Crippen LogP contribution in [0.25, 0.3) is 0 Å². The first kappa shape index (κ1) is 31.1. The minimum atomic E-state index is -1.21. The van der Waals surface area contributed by atoms with Gasteiger partial charge in [0.25, 0.3) is 0 Å². The normalized spacial score (nSPS) is 20.5. The van der Waals surface area contributed by atoms with E-state index >= 15 is 0 Å². The van der Waals surface area contributed by atoms with Gasteiger partial charge in [-0.2, -0.15) is 0 Å². The van der Waals surface area contributed by atoms with Crippen molar-refractivity contribution in [3.8, 4) is 11.5 Å². The molecule has 1 amide bonds. The van der Waals surface area contributed by atoms with E-state index in [1.165, 1.54) is 0 Å². The maximum atomic E-state index is 13.3. The molecule has 3 atom stereocenters. The van der Waals surface area contributed by atoms with E-state index in [9.17, 15) is 15.0 Å². The van der Waals surface area contributed by atoms with Crippen LogP contribution in [-0.2, 0) is 4.79 Å². The van der Waals surface area contributed by atoms with Gasteiger partial charge in [-0.05, 0) is 82.1 Å². The van der Waals surface area contributed by atoms with Crippen LogP contribution in [0.2, 0.25) is 10.0 Å². The van der Waals surface area contributed by atoms with E-state index in [0.717, 1.165) is 11.1 Å². The number of nitrogens with zero attached hydrogens (tertiary/aromatic N) is 4. The Morgan fingerprint density at radius 2 is 1.53 bits per heavy atom. The van der Waals surface area contributed by atoms with Crippen molar-refractivity contribution in [1.82, 2.24) is 14.7 Å². The zero-order chi connectivity index (χ0) is 31.1. The molecule has 2 heterocycles. The number of aliphatic hydroxyl groups excluding tert-OH is 1. The third-order valence-corrected chi connectivity index (χ3v) is 8.24. The average Bonchev–Trinajstić information content (AvgIpc) is 3.32. The van der Waals surface area contributed by atoms with Crippen molar-refractivity contribution in [3.05, 3.63) is 93.5 Å². The lowest BCUT2D eigenvalue weighted by molar-refractivity contribution is -0.157. The summed E-state index contributed by atoms with van der Waals surface area (Å²) in [6, 6.07) is 19.0. The summed E-state index contributed by atoms with van der Waals surface area (Å²) in [6.45, 7) is 10.8. The van der Waals surface area contributed by atoms with E-state index in [4.69, 9.17) is 32.9 Å². The number of piperazine rings is 1. The number of benzene rings is 3. The molecule has 2 aliphatic heterocycles. The molecule has 3 aromatic rings. The Morgan fingerprint density at radius 3 is 2.09 bits per heavy atom. The molecule has 0 radical (unpaired) electrons. The van der Waals surface area contributed by atoms with Crippen LogP contribution in [0.3, 0.4) is 0 Å². The van der Waals surface area contributed by atoms with Crippen molar-refractivity contribution in [2.75, 3.05) is 19.6 Å². The van der Waals surface area contributed by atoms with E-state index in [1.54, 1.807) is 23.1 Å². The number of aliphatic hydroxyl groups is 1. The summed E-state index contributed by atoms with van der Waals surface area (Å²) < 4.78 is 6.14. The van der Waals surface area contributed by atoms with Gasteiger partial charge in [0, 0.05) is 34.7 Å². The second-order valence-electron chi connectivity index (χ2n) is 12.2. The molecule has 2 N–H and O–H groups in total.